The molecule has 1 amide bonds. The lowest BCUT2D eigenvalue weighted by Gasteiger charge is -2.07. The highest BCUT2D eigenvalue weighted by Gasteiger charge is 2.17. The molecule has 0 unspecified atom stereocenters. The van der Waals surface area contributed by atoms with Gasteiger partial charge in [0, 0.05) is 17.1 Å². The average molecular weight is 259 g/mol. The second-order valence-corrected chi connectivity index (χ2v) is 5.84. The van der Waals surface area contributed by atoms with E-state index in [9.17, 15) is 13.2 Å². The first-order chi connectivity index (χ1) is 7.47. The first kappa shape index (κ1) is 11.4. The van der Waals surface area contributed by atoms with Gasteiger partial charge in [-0.05, 0) is 18.2 Å². The molecule has 0 saturated carbocycles. The fourth-order valence-corrected chi connectivity index (χ4v) is 2.80. The Kier molecular flexibility index (Phi) is 2.92. The van der Waals surface area contributed by atoms with Crippen LogP contribution in [0.15, 0.2) is 28.0 Å². The minimum atomic E-state index is -4.23. The fraction of sp³-hybridized carbons (Fsp3) is 0.222. The summed E-state index contributed by atoms with van der Waals surface area (Å²) in [6, 6.07) is 4.16. The predicted molar refractivity (Wildman–Crippen MR) is 60.2 cm³/mol. The summed E-state index contributed by atoms with van der Waals surface area (Å²) in [5, 5.41) is 2.60. The molecule has 1 aromatic rings. The molecule has 1 aromatic carbocycles. The van der Waals surface area contributed by atoms with E-state index in [1.807, 2.05) is 0 Å². The van der Waals surface area contributed by atoms with Gasteiger partial charge in [-0.1, -0.05) is 0 Å². The van der Waals surface area contributed by atoms with E-state index in [1.54, 1.807) is 6.07 Å². The molecule has 2 rings (SSSR count). The van der Waals surface area contributed by atoms with E-state index in [0.29, 0.717) is 17.9 Å². The van der Waals surface area contributed by atoms with E-state index in [1.165, 1.54) is 23.9 Å². The second kappa shape index (κ2) is 4.08. The number of benzene rings is 1. The molecule has 0 bridgehead atoms. The molecule has 0 saturated heterocycles. The number of amides is 1. The van der Waals surface area contributed by atoms with Gasteiger partial charge in [-0.25, -0.2) is 0 Å². The zero-order chi connectivity index (χ0) is 11.8. The van der Waals surface area contributed by atoms with E-state index in [2.05, 4.69) is 5.32 Å². The SMILES string of the molecule is O=C1CCSc2ccc(S(=O)(=O)O)cc2N1. The van der Waals surface area contributed by atoms with E-state index in [-0.39, 0.29) is 10.8 Å². The van der Waals surface area contributed by atoms with Crippen LogP contribution in [0.3, 0.4) is 0 Å². The number of hydrogen-bond acceptors (Lipinski definition) is 4. The van der Waals surface area contributed by atoms with Gasteiger partial charge in [0.25, 0.3) is 10.1 Å². The number of rotatable bonds is 1. The summed E-state index contributed by atoms with van der Waals surface area (Å²) >= 11 is 1.47. The minimum Gasteiger partial charge on any atom is -0.325 e. The third-order valence-electron chi connectivity index (χ3n) is 2.11. The van der Waals surface area contributed by atoms with Gasteiger partial charge in [-0.2, -0.15) is 8.42 Å². The van der Waals surface area contributed by atoms with Crippen molar-refractivity contribution in [2.75, 3.05) is 11.1 Å². The molecule has 5 nitrogen and oxygen atoms in total. The van der Waals surface area contributed by atoms with Crippen LogP contribution >= 0.6 is 11.8 Å². The molecule has 1 aliphatic heterocycles. The van der Waals surface area contributed by atoms with Crippen molar-refractivity contribution in [3.8, 4) is 0 Å². The smallest absolute Gasteiger partial charge is 0.294 e. The number of fused-ring (bicyclic) bond motifs is 1. The Labute approximate surface area is 97.0 Å². The zero-order valence-electron chi connectivity index (χ0n) is 8.13. The number of thioether (sulfide) groups is 1. The van der Waals surface area contributed by atoms with Gasteiger partial charge < -0.3 is 5.32 Å². The van der Waals surface area contributed by atoms with Crippen molar-refractivity contribution < 1.29 is 17.8 Å². The maximum Gasteiger partial charge on any atom is 0.294 e. The Morgan fingerprint density at radius 1 is 1.38 bits per heavy atom. The molecule has 0 fully saturated rings. The van der Waals surface area contributed by atoms with Crippen molar-refractivity contribution in [2.24, 2.45) is 0 Å². The molecule has 0 atom stereocenters. The highest BCUT2D eigenvalue weighted by atomic mass is 32.2. The number of carbonyl (C=O) groups is 1. The fourth-order valence-electron chi connectivity index (χ4n) is 1.36. The van der Waals surface area contributed by atoms with Crippen molar-refractivity contribution in [3.63, 3.8) is 0 Å². The van der Waals surface area contributed by atoms with Crippen molar-refractivity contribution in [1.82, 2.24) is 0 Å². The van der Waals surface area contributed by atoms with Crippen LogP contribution in [-0.2, 0) is 14.9 Å². The van der Waals surface area contributed by atoms with Crippen LogP contribution in [0.1, 0.15) is 6.42 Å². The largest absolute Gasteiger partial charge is 0.325 e. The molecule has 86 valence electrons. The van der Waals surface area contributed by atoms with Crippen LogP contribution in [0, 0.1) is 0 Å². The maximum absolute atomic E-state index is 11.3. The van der Waals surface area contributed by atoms with Gasteiger partial charge in [0.1, 0.15) is 0 Å². The summed E-state index contributed by atoms with van der Waals surface area (Å²) in [7, 11) is -4.23. The zero-order valence-corrected chi connectivity index (χ0v) is 9.77. The summed E-state index contributed by atoms with van der Waals surface area (Å²) in [6.07, 6.45) is 0.389. The molecule has 1 aliphatic rings. The number of nitrogens with one attached hydrogen (secondary N) is 1. The monoisotopic (exact) mass is 259 g/mol. The molecular formula is C9H9NO4S2. The van der Waals surface area contributed by atoms with Gasteiger partial charge >= 0.3 is 0 Å². The molecular weight excluding hydrogens is 250 g/mol. The Balaban J connectivity index is 2.49. The third-order valence-corrected chi connectivity index (χ3v) is 4.03. The average Bonchev–Trinajstić information content (AvgIpc) is 2.35. The van der Waals surface area contributed by atoms with Crippen LogP contribution in [0.5, 0.6) is 0 Å². The number of carbonyl (C=O) groups excluding carboxylic acids is 1. The normalized spacial score (nSPS) is 16.2. The first-order valence-electron chi connectivity index (χ1n) is 4.51. The Bertz CT molecular complexity index is 538. The van der Waals surface area contributed by atoms with Gasteiger partial charge in [0.2, 0.25) is 5.91 Å². The summed E-state index contributed by atoms with van der Waals surface area (Å²) < 4.78 is 30.7. The van der Waals surface area contributed by atoms with E-state index in [0.717, 1.165) is 4.90 Å². The van der Waals surface area contributed by atoms with Gasteiger partial charge in [0.15, 0.2) is 0 Å². The van der Waals surface area contributed by atoms with Crippen LogP contribution < -0.4 is 5.32 Å². The lowest BCUT2D eigenvalue weighted by Crippen LogP contribution is -2.10. The van der Waals surface area contributed by atoms with Crippen LogP contribution in [-0.4, -0.2) is 24.6 Å². The topological polar surface area (TPSA) is 83.5 Å². The van der Waals surface area contributed by atoms with Crippen LogP contribution in [0.2, 0.25) is 0 Å². The molecule has 16 heavy (non-hydrogen) atoms. The predicted octanol–water partition coefficient (Wildman–Crippen LogP) is 1.37. The third kappa shape index (κ3) is 2.37. The number of anilines is 1. The van der Waals surface area contributed by atoms with Gasteiger partial charge in [-0.3, -0.25) is 9.35 Å². The lowest BCUT2D eigenvalue weighted by atomic mass is 10.3. The van der Waals surface area contributed by atoms with Gasteiger partial charge in [0.05, 0.1) is 10.6 Å². The quantitative estimate of drug-likeness (QED) is 0.744. The first-order valence-corrected chi connectivity index (χ1v) is 6.93. The summed E-state index contributed by atoms with van der Waals surface area (Å²) in [6.45, 7) is 0. The van der Waals surface area contributed by atoms with Gasteiger partial charge in [-0.15, -0.1) is 11.8 Å². The Hall–Kier alpha value is -1.05. The van der Waals surface area contributed by atoms with Crippen LogP contribution in [0.25, 0.3) is 0 Å². The standard InChI is InChI=1S/C9H9NO4S2/c11-9-3-4-15-8-2-1-6(16(12,13)14)5-7(8)10-9/h1-2,5H,3-4H2,(H,10,11)(H,12,13,14). The van der Waals surface area contributed by atoms with Crippen molar-refractivity contribution in [3.05, 3.63) is 18.2 Å². The molecule has 0 aromatic heterocycles. The Morgan fingerprint density at radius 2 is 2.12 bits per heavy atom. The molecule has 2 N–H and O–H groups in total. The number of hydrogen-bond donors (Lipinski definition) is 2. The summed E-state index contributed by atoms with van der Waals surface area (Å²) in [5.74, 6) is 0.503. The summed E-state index contributed by atoms with van der Waals surface area (Å²) in [4.78, 5) is 11.9. The highest BCUT2D eigenvalue weighted by Crippen LogP contribution is 2.32. The molecule has 1 heterocycles. The molecule has 0 spiro atoms. The molecule has 0 radical (unpaired) electrons. The molecule has 0 aliphatic carbocycles. The van der Waals surface area contributed by atoms with Crippen molar-refractivity contribution in [2.45, 2.75) is 16.2 Å². The Morgan fingerprint density at radius 3 is 2.81 bits per heavy atom. The lowest BCUT2D eigenvalue weighted by molar-refractivity contribution is -0.115. The van der Waals surface area contributed by atoms with E-state index in [4.69, 9.17) is 4.55 Å². The van der Waals surface area contributed by atoms with E-state index < -0.39 is 10.1 Å². The molecule has 7 heteroatoms. The van der Waals surface area contributed by atoms with Crippen molar-refractivity contribution >= 4 is 33.5 Å². The highest BCUT2D eigenvalue weighted by molar-refractivity contribution is 7.99. The second-order valence-electron chi connectivity index (χ2n) is 3.28. The van der Waals surface area contributed by atoms with E-state index >= 15 is 0 Å². The maximum atomic E-state index is 11.3. The summed E-state index contributed by atoms with van der Waals surface area (Å²) in [5.41, 5.74) is 0.433. The van der Waals surface area contributed by atoms with Crippen molar-refractivity contribution in [1.29, 1.82) is 0 Å². The minimum absolute atomic E-state index is 0.154. The van der Waals surface area contributed by atoms with Crippen LogP contribution in [0.4, 0.5) is 5.69 Å².